The zero-order valence-corrected chi connectivity index (χ0v) is 13.0. The van der Waals surface area contributed by atoms with Crippen LogP contribution in [0.15, 0.2) is 18.2 Å². The molecule has 0 aliphatic heterocycles. The first kappa shape index (κ1) is 17.8. The molecule has 6 heteroatoms. The van der Waals surface area contributed by atoms with E-state index in [0.717, 1.165) is 11.1 Å². The predicted molar refractivity (Wildman–Crippen MR) is 80.5 cm³/mol. The first-order chi connectivity index (χ1) is 10.4. The lowest BCUT2D eigenvalue weighted by Gasteiger charge is -2.13. The highest BCUT2D eigenvalue weighted by molar-refractivity contribution is 5.98. The highest BCUT2D eigenvalue weighted by Gasteiger charge is 2.20. The standard InChI is InChI=1S/C16H21NO5/c1-10-4-5-12(8-11(10)2)14(19)6-7-15(20)17-13(9-18)16(21)22-3/h4-5,8,13,18H,6-7,9H2,1-3H3,(H,17,20)/t13-/m0/s1. The van der Waals surface area contributed by atoms with Crippen molar-refractivity contribution in [2.24, 2.45) is 0 Å². The first-order valence-electron chi connectivity index (χ1n) is 6.97. The quantitative estimate of drug-likeness (QED) is 0.577. The van der Waals surface area contributed by atoms with Gasteiger partial charge in [0.25, 0.3) is 0 Å². The van der Waals surface area contributed by atoms with Gasteiger partial charge in [0.2, 0.25) is 5.91 Å². The third-order valence-corrected chi connectivity index (χ3v) is 3.41. The Labute approximate surface area is 129 Å². The summed E-state index contributed by atoms with van der Waals surface area (Å²) in [6.45, 7) is 3.32. The number of aliphatic hydroxyl groups is 1. The molecule has 1 aromatic rings. The summed E-state index contributed by atoms with van der Waals surface area (Å²) in [5, 5.41) is 11.3. The Morgan fingerprint density at radius 1 is 1.18 bits per heavy atom. The van der Waals surface area contributed by atoms with E-state index in [0.29, 0.717) is 5.56 Å². The second-order valence-electron chi connectivity index (χ2n) is 5.05. The Morgan fingerprint density at radius 3 is 2.41 bits per heavy atom. The Kier molecular flexibility index (Phi) is 6.72. The number of Topliss-reactive ketones (excluding diaryl/α,β-unsaturated/α-hetero) is 1. The number of hydrogen-bond donors (Lipinski definition) is 2. The van der Waals surface area contributed by atoms with Crippen molar-refractivity contribution >= 4 is 17.7 Å². The van der Waals surface area contributed by atoms with Gasteiger partial charge in [0.05, 0.1) is 13.7 Å². The zero-order chi connectivity index (χ0) is 16.7. The minimum absolute atomic E-state index is 0.0354. The number of amides is 1. The van der Waals surface area contributed by atoms with Crippen molar-refractivity contribution in [3.05, 3.63) is 34.9 Å². The molecule has 0 heterocycles. The molecule has 0 saturated carbocycles. The lowest BCUT2D eigenvalue weighted by molar-refractivity contribution is -0.146. The maximum atomic E-state index is 12.0. The summed E-state index contributed by atoms with van der Waals surface area (Å²) in [6, 6.07) is 4.28. The molecule has 0 unspecified atom stereocenters. The molecule has 2 N–H and O–H groups in total. The molecular weight excluding hydrogens is 286 g/mol. The fourth-order valence-corrected chi connectivity index (χ4v) is 1.87. The van der Waals surface area contributed by atoms with Gasteiger partial charge in [-0.1, -0.05) is 12.1 Å². The van der Waals surface area contributed by atoms with E-state index < -0.39 is 24.5 Å². The molecule has 0 bridgehead atoms. The third kappa shape index (κ3) is 4.96. The number of ether oxygens (including phenoxy) is 1. The molecule has 1 rings (SSSR count). The van der Waals surface area contributed by atoms with Gasteiger partial charge in [-0.05, 0) is 31.0 Å². The number of benzene rings is 1. The Balaban J connectivity index is 2.54. The average molecular weight is 307 g/mol. The molecule has 0 fully saturated rings. The predicted octanol–water partition coefficient (Wildman–Crippen LogP) is 0.916. The molecule has 0 aliphatic rings. The summed E-state index contributed by atoms with van der Waals surface area (Å²) in [4.78, 5) is 35.0. The monoisotopic (exact) mass is 307 g/mol. The number of hydrogen-bond acceptors (Lipinski definition) is 5. The number of methoxy groups -OCH3 is 1. The van der Waals surface area contributed by atoms with Crippen molar-refractivity contribution in [2.75, 3.05) is 13.7 Å². The molecule has 22 heavy (non-hydrogen) atoms. The largest absolute Gasteiger partial charge is 0.467 e. The number of rotatable bonds is 7. The first-order valence-corrected chi connectivity index (χ1v) is 6.97. The van der Waals surface area contributed by atoms with E-state index >= 15 is 0 Å². The van der Waals surface area contributed by atoms with Crippen LogP contribution < -0.4 is 5.32 Å². The number of nitrogens with one attached hydrogen (secondary N) is 1. The van der Waals surface area contributed by atoms with Crippen LogP contribution in [0.3, 0.4) is 0 Å². The van der Waals surface area contributed by atoms with Gasteiger partial charge >= 0.3 is 5.97 Å². The van der Waals surface area contributed by atoms with Crippen LogP contribution in [0.25, 0.3) is 0 Å². The van der Waals surface area contributed by atoms with Crippen LogP contribution in [0.4, 0.5) is 0 Å². The van der Waals surface area contributed by atoms with Gasteiger partial charge in [-0.15, -0.1) is 0 Å². The number of carbonyl (C=O) groups is 3. The van der Waals surface area contributed by atoms with E-state index in [1.54, 1.807) is 12.1 Å². The topological polar surface area (TPSA) is 92.7 Å². The maximum absolute atomic E-state index is 12.0. The summed E-state index contributed by atoms with van der Waals surface area (Å²) >= 11 is 0. The Bertz CT molecular complexity index is 568. The van der Waals surface area contributed by atoms with Crippen LogP contribution in [0.1, 0.15) is 34.3 Å². The normalized spacial score (nSPS) is 11.6. The molecule has 120 valence electrons. The van der Waals surface area contributed by atoms with E-state index in [2.05, 4.69) is 10.1 Å². The van der Waals surface area contributed by atoms with Gasteiger partial charge in [0.1, 0.15) is 0 Å². The summed E-state index contributed by atoms with van der Waals surface area (Å²) in [5.41, 5.74) is 2.67. The van der Waals surface area contributed by atoms with Crippen molar-refractivity contribution in [3.8, 4) is 0 Å². The molecule has 6 nitrogen and oxygen atoms in total. The smallest absolute Gasteiger partial charge is 0.330 e. The van der Waals surface area contributed by atoms with Crippen molar-refractivity contribution in [1.29, 1.82) is 0 Å². The van der Waals surface area contributed by atoms with E-state index in [1.807, 2.05) is 19.9 Å². The Morgan fingerprint density at radius 2 is 1.86 bits per heavy atom. The van der Waals surface area contributed by atoms with Crippen molar-refractivity contribution in [2.45, 2.75) is 32.7 Å². The fraction of sp³-hybridized carbons (Fsp3) is 0.438. The Hall–Kier alpha value is -2.21. The molecule has 1 atom stereocenters. The van der Waals surface area contributed by atoms with Crippen molar-refractivity contribution < 1.29 is 24.2 Å². The second kappa shape index (κ2) is 8.29. The van der Waals surface area contributed by atoms with Gasteiger partial charge < -0.3 is 15.2 Å². The molecule has 1 amide bonds. The molecule has 0 aliphatic carbocycles. The fourth-order valence-electron chi connectivity index (χ4n) is 1.87. The number of aliphatic hydroxyl groups excluding tert-OH is 1. The van der Waals surface area contributed by atoms with E-state index in [-0.39, 0.29) is 18.6 Å². The summed E-state index contributed by atoms with van der Waals surface area (Å²) in [7, 11) is 1.17. The highest BCUT2D eigenvalue weighted by Crippen LogP contribution is 2.12. The second-order valence-corrected chi connectivity index (χ2v) is 5.05. The SMILES string of the molecule is COC(=O)[C@H](CO)NC(=O)CCC(=O)c1ccc(C)c(C)c1. The molecule has 0 radical (unpaired) electrons. The lowest BCUT2D eigenvalue weighted by Crippen LogP contribution is -2.44. The minimum Gasteiger partial charge on any atom is -0.467 e. The van der Waals surface area contributed by atoms with Gasteiger partial charge in [-0.3, -0.25) is 9.59 Å². The molecular formula is C16H21NO5. The third-order valence-electron chi connectivity index (χ3n) is 3.41. The molecule has 1 aromatic carbocycles. The number of carbonyl (C=O) groups excluding carboxylic acids is 3. The zero-order valence-electron chi connectivity index (χ0n) is 13.0. The molecule has 0 aromatic heterocycles. The molecule has 0 spiro atoms. The number of esters is 1. The van der Waals surface area contributed by atoms with Crippen LogP contribution >= 0.6 is 0 Å². The molecule has 0 saturated heterocycles. The van der Waals surface area contributed by atoms with E-state index in [1.165, 1.54) is 7.11 Å². The van der Waals surface area contributed by atoms with E-state index in [4.69, 9.17) is 5.11 Å². The van der Waals surface area contributed by atoms with Gasteiger partial charge in [-0.2, -0.15) is 0 Å². The van der Waals surface area contributed by atoms with Crippen LogP contribution in [-0.4, -0.2) is 42.5 Å². The number of ketones is 1. The highest BCUT2D eigenvalue weighted by atomic mass is 16.5. The lowest BCUT2D eigenvalue weighted by atomic mass is 10.0. The van der Waals surface area contributed by atoms with Gasteiger partial charge in [0, 0.05) is 18.4 Å². The summed E-state index contributed by atoms with van der Waals surface area (Å²) in [6.07, 6.45) is -0.0209. The van der Waals surface area contributed by atoms with Crippen LogP contribution in [0, 0.1) is 13.8 Å². The van der Waals surface area contributed by atoms with Crippen LogP contribution in [0.2, 0.25) is 0 Å². The minimum atomic E-state index is -1.10. The van der Waals surface area contributed by atoms with Crippen LogP contribution in [0.5, 0.6) is 0 Å². The van der Waals surface area contributed by atoms with Crippen molar-refractivity contribution in [3.63, 3.8) is 0 Å². The van der Waals surface area contributed by atoms with Gasteiger partial charge in [0.15, 0.2) is 11.8 Å². The average Bonchev–Trinajstić information content (AvgIpc) is 2.52. The van der Waals surface area contributed by atoms with E-state index in [9.17, 15) is 14.4 Å². The maximum Gasteiger partial charge on any atom is 0.330 e. The summed E-state index contributed by atoms with van der Waals surface area (Å²) in [5.74, 6) is -1.35. The van der Waals surface area contributed by atoms with Crippen molar-refractivity contribution in [1.82, 2.24) is 5.32 Å². The summed E-state index contributed by atoms with van der Waals surface area (Å²) < 4.78 is 4.44. The van der Waals surface area contributed by atoms with Gasteiger partial charge in [-0.25, -0.2) is 4.79 Å². The number of aryl methyl sites for hydroxylation is 2. The van der Waals surface area contributed by atoms with Crippen LogP contribution in [-0.2, 0) is 14.3 Å².